The third-order valence-corrected chi connectivity index (χ3v) is 4.27. The molecule has 8 heteroatoms. The second kappa shape index (κ2) is 7.67. The predicted molar refractivity (Wildman–Crippen MR) is 79.3 cm³/mol. The Kier molecular flexibility index (Phi) is 6.50. The number of halogens is 2. The van der Waals surface area contributed by atoms with Crippen molar-refractivity contribution >= 4 is 15.9 Å². The van der Waals surface area contributed by atoms with Crippen LogP contribution in [-0.2, 0) is 10.2 Å². The molecule has 0 bridgehead atoms. The average Bonchev–Trinajstić information content (AvgIpc) is 2.38. The first kappa shape index (κ1) is 17.8. The van der Waals surface area contributed by atoms with Crippen LogP contribution in [0.4, 0.5) is 14.5 Å². The van der Waals surface area contributed by atoms with Crippen LogP contribution in [0.5, 0.6) is 0 Å². The van der Waals surface area contributed by atoms with Gasteiger partial charge in [0.15, 0.2) is 0 Å². The highest BCUT2D eigenvalue weighted by Crippen LogP contribution is 2.20. The molecule has 0 heterocycles. The first-order valence-electron chi connectivity index (χ1n) is 6.65. The summed E-state index contributed by atoms with van der Waals surface area (Å²) in [7, 11) is -2.63. The SMILES string of the molecule is CC(C)NCCCN(C)S(=O)(=O)Nc1c(F)cccc1F. The van der Waals surface area contributed by atoms with Crippen molar-refractivity contribution in [2.24, 2.45) is 0 Å². The maximum Gasteiger partial charge on any atom is 0.301 e. The molecule has 0 spiro atoms. The van der Waals surface area contributed by atoms with Crippen LogP contribution in [0, 0.1) is 11.6 Å². The van der Waals surface area contributed by atoms with E-state index in [0.29, 0.717) is 19.0 Å². The van der Waals surface area contributed by atoms with E-state index in [4.69, 9.17) is 0 Å². The van der Waals surface area contributed by atoms with Gasteiger partial charge in [0.1, 0.15) is 17.3 Å². The summed E-state index contributed by atoms with van der Waals surface area (Å²) in [6, 6.07) is 3.47. The molecule has 0 aliphatic carbocycles. The smallest absolute Gasteiger partial charge is 0.301 e. The van der Waals surface area contributed by atoms with Crippen molar-refractivity contribution in [3.8, 4) is 0 Å². The Hall–Kier alpha value is -1.25. The molecule has 0 aliphatic heterocycles. The van der Waals surface area contributed by atoms with Crippen LogP contribution in [-0.4, -0.2) is 38.9 Å². The van der Waals surface area contributed by atoms with Gasteiger partial charge in [-0.05, 0) is 25.1 Å². The van der Waals surface area contributed by atoms with Crippen LogP contribution in [0.1, 0.15) is 20.3 Å². The largest absolute Gasteiger partial charge is 0.314 e. The number of anilines is 1. The molecule has 1 aromatic rings. The Morgan fingerprint density at radius 2 is 1.81 bits per heavy atom. The van der Waals surface area contributed by atoms with Gasteiger partial charge < -0.3 is 5.32 Å². The zero-order valence-corrected chi connectivity index (χ0v) is 13.2. The van der Waals surface area contributed by atoms with Gasteiger partial charge in [-0.1, -0.05) is 19.9 Å². The number of rotatable bonds is 8. The molecule has 0 aliphatic rings. The van der Waals surface area contributed by atoms with Crippen molar-refractivity contribution < 1.29 is 17.2 Å². The van der Waals surface area contributed by atoms with Gasteiger partial charge in [0.25, 0.3) is 0 Å². The molecule has 0 atom stereocenters. The van der Waals surface area contributed by atoms with Gasteiger partial charge >= 0.3 is 10.2 Å². The third kappa shape index (κ3) is 5.56. The first-order chi connectivity index (χ1) is 9.74. The molecule has 0 saturated carbocycles. The van der Waals surface area contributed by atoms with Gasteiger partial charge in [-0.15, -0.1) is 0 Å². The number of para-hydroxylation sites is 1. The van der Waals surface area contributed by atoms with Crippen LogP contribution in [0.25, 0.3) is 0 Å². The second-order valence-electron chi connectivity index (χ2n) is 4.99. The topological polar surface area (TPSA) is 61.4 Å². The zero-order valence-electron chi connectivity index (χ0n) is 12.4. The number of benzene rings is 1. The standard InChI is InChI=1S/C13H21F2N3O2S/c1-10(2)16-8-5-9-18(3)21(19,20)17-13-11(14)6-4-7-12(13)15/h4,6-7,10,16-17H,5,8-9H2,1-3H3. The fraction of sp³-hybridized carbons (Fsp3) is 0.538. The van der Waals surface area contributed by atoms with E-state index in [2.05, 4.69) is 5.32 Å². The van der Waals surface area contributed by atoms with E-state index in [1.54, 1.807) is 0 Å². The molecular formula is C13H21F2N3O2S. The lowest BCUT2D eigenvalue weighted by atomic mass is 10.3. The second-order valence-corrected chi connectivity index (χ2v) is 6.77. The summed E-state index contributed by atoms with van der Waals surface area (Å²) in [6.45, 7) is 4.88. The summed E-state index contributed by atoms with van der Waals surface area (Å²) in [5.74, 6) is -1.90. The summed E-state index contributed by atoms with van der Waals surface area (Å²) >= 11 is 0. The summed E-state index contributed by atoms with van der Waals surface area (Å²) < 4.78 is 53.8. The molecule has 0 amide bonds. The van der Waals surface area contributed by atoms with E-state index in [1.807, 2.05) is 18.6 Å². The monoisotopic (exact) mass is 321 g/mol. The van der Waals surface area contributed by atoms with Gasteiger partial charge in [-0.25, -0.2) is 8.78 Å². The minimum absolute atomic E-state index is 0.241. The van der Waals surface area contributed by atoms with Crippen LogP contribution >= 0.6 is 0 Å². The molecular weight excluding hydrogens is 300 g/mol. The Labute approximate surface area is 124 Å². The van der Waals surface area contributed by atoms with Crippen LogP contribution in [0.2, 0.25) is 0 Å². The van der Waals surface area contributed by atoms with Crippen molar-refractivity contribution in [3.05, 3.63) is 29.8 Å². The number of nitrogens with zero attached hydrogens (tertiary/aromatic N) is 1. The molecule has 0 saturated heterocycles. The summed E-state index contributed by atoms with van der Waals surface area (Å²) in [4.78, 5) is 0. The van der Waals surface area contributed by atoms with E-state index < -0.39 is 27.5 Å². The van der Waals surface area contributed by atoms with Crippen molar-refractivity contribution in [2.75, 3.05) is 24.9 Å². The van der Waals surface area contributed by atoms with Crippen LogP contribution in [0.15, 0.2) is 18.2 Å². The van der Waals surface area contributed by atoms with E-state index in [9.17, 15) is 17.2 Å². The lowest BCUT2D eigenvalue weighted by Crippen LogP contribution is -2.35. The maximum atomic E-state index is 13.4. The van der Waals surface area contributed by atoms with E-state index in [-0.39, 0.29) is 6.54 Å². The number of hydrogen-bond donors (Lipinski definition) is 2. The Balaban J connectivity index is 2.64. The highest BCUT2D eigenvalue weighted by Gasteiger charge is 2.21. The fourth-order valence-electron chi connectivity index (χ4n) is 1.61. The normalized spacial score (nSPS) is 12.1. The van der Waals surface area contributed by atoms with Crippen molar-refractivity contribution in [1.29, 1.82) is 0 Å². The molecule has 120 valence electrons. The van der Waals surface area contributed by atoms with Crippen molar-refractivity contribution in [1.82, 2.24) is 9.62 Å². The Bertz CT molecular complexity index is 544. The van der Waals surface area contributed by atoms with Gasteiger partial charge in [-0.2, -0.15) is 12.7 Å². The third-order valence-electron chi connectivity index (χ3n) is 2.81. The van der Waals surface area contributed by atoms with Gasteiger partial charge in [-0.3, -0.25) is 4.72 Å². The summed E-state index contributed by atoms with van der Waals surface area (Å²) in [5.41, 5.74) is -0.662. The summed E-state index contributed by atoms with van der Waals surface area (Å²) in [5, 5.41) is 3.16. The average molecular weight is 321 g/mol. The van der Waals surface area contributed by atoms with Crippen LogP contribution < -0.4 is 10.0 Å². The molecule has 1 rings (SSSR count). The highest BCUT2D eigenvalue weighted by molar-refractivity contribution is 7.90. The molecule has 21 heavy (non-hydrogen) atoms. The molecule has 5 nitrogen and oxygen atoms in total. The lowest BCUT2D eigenvalue weighted by molar-refractivity contribution is 0.450. The minimum atomic E-state index is -3.98. The molecule has 0 unspecified atom stereocenters. The summed E-state index contributed by atoms with van der Waals surface area (Å²) in [6.07, 6.45) is 0.593. The number of nitrogens with one attached hydrogen (secondary N) is 2. The zero-order chi connectivity index (χ0) is 16.0. The van der Waals surface area contributed by atoms with E-state index in [1.165, 1.54) is 13.1 Å². The molecule has 1 aromatic carbocycles. The molecule has 0 radical (unpaired) electrons. The fourth-order valence-corrected chi connectivity index (χ4v) is 2.59. The highest BCUT2D eigenvalue weighted by atomic mass is 32.2. The molecule has 2 N–H and O–H groups in total. The lowest BCUT2D eigenvalue weighted by Gasteiger charge is -2.19. The maximum absolute atomic E-state index is 13.4. The Morgan fingerprint density at radius 3 is 2.33 bits per heavy atom. The van der Waals surface area contributed by atoms with Crippen molar-refractivity contribution in [3.63, 3.8) is 0 Å². The van der Waals surface area contributed by atoms with Crippen molar-refractivity contribution in [2.45, 2.75) is 26.3 Å². The Morgan fingerprint density at radius 1 is 1.24 bits per heavy atom. The quantitative estimate of drug-likeness (QED) is 0.719. The minimum Gasteiger partial charge on any atom is -0.314 e. The molecule has 0 aromatic heterocycles. The van der Waals surface area contributed by atoms with Gasteiger partial charge in [0.05, 0.1) is 0 Å². The van der Waals surface area contributed by atoms with Gasteiger partial charge in [0.2, 0.25) is 0 Å². The van der Waals surface area contributed by atoms with E-state index in [0.717, 1.165) is 16.4 Å². The van der Waals surface area contributed by atoms with Gasteiger partial charge in [0, 0.05) is 19.6 Å². The number of hydrogen-bond acceptors (Lipinski definition) is 3. The van der Waals surface area contributed by atoms with Crippen LogP contribution in [0.3, 0.4) is 0 Å². The molecule has 0 fully saturated rings. The first-order valence-corrected chi connectivity index (χ1v) is 8.09. The van der Waals surface area contributed by atoms with E-state index >= 15 is 0 Å². The predicted octanol–water partition coefficient (Wildman–Crippen LogP) is 1.94.